The molecular formula is C25H23BrN2O2S. The normalized spacial score (nSPS) is 16.9. The predicted octanol–water partition coefficient (Wildman–Crippen LogP) is 6.19. The molecule has 0 radical (unpaired) electrons. The van der Waals surface area contributed by atoms with Crippen LogP contribution in [-0.4, -0.2) is 11.4 Å². The fourth-order valence-corrected chi connectivity index (χ4v) is 4.36. The highest BCUT2D eigenvalue weighted by Gasteiger charge is 2.27. The summed E-state index contributed by atoms with van der Waals surface area (Å²) in [7, 11) is 0. The summed E-state index contributed by atoms with van der Waals surface area (Å²) in [6.07, 6.45) is 2.91. The van der Waals surface area contributed by atoms with Gasteiger partial charge in [-0.2, -0.15) is 0 Å². The van der Waals surface area contributed by atoms with Crippen LogP contribution in [0.3, 0.4) is 0 Å². The smallest absolute Gasteiger partial charge is 0.260 e. The molecule has 6 heteroatoms. The average molecular weight is 495 g/mol. The lowest BCUT2D eigenvalue weighted by molar-refractivity contribution is -0.116. The third-order valence-corrected chi connectivity index (χ3v) is 6.44. The number of hydrogen-bond acceptors (Lipinski definition) is 4. The summed E-state index contributed by atoms with van der Waals surface area (Å²) in [6.45, 7) is 2.65. The molecule has 0 aromatic heterocycles. The molecule has 0 spiro atoms. The molecule has 2 N–H and O–H groups in total. The maximum absolute atomic E-state index is 12.4. The summed E-state index contributed by atoms with van der Waals surface area (Å²) < 4.78 is 6.90. The molecule has 3 aromatic carbocycles. The lowest BCUT2D eigenvalue weighted by Gasteiger charge is -2.12. The summed E-state index contributed by atoms with van der Waals surface area (Å²) in [5.41, 5.74) is 4.17. The minimum absolute atomic E-state index is 0.0664. The van der Waals surface area contributed by atoms with Gasteiger partial charge in [0.1, 0.15) is 12.4 Å². The van der Waals surface area contributed by atoms with Crippen molar-refractivity contribution in [3.63, 3.8) is 0 Å². The second kappa shape index (κ2) is 10.1. The van der Waals surface area contributed by atoms with Gasteiger partial charge in [-0.15, -0.1) is 0 Å². The number of ether oxygens (including phenoxy) is 1. The second-order valence-corrected chi connectivity index (χ2v) is 9.22. The molecule has 3 aromatic rings. The van der Waals surface area contributed by atoms with Gasteiger partial charge in [-0.3, -0.25) is 4.79 Å². The monoisotopic (exact) mass is 494 g/mol. The highest BCUT2D eigenvalue weighted by molar-refractivity contribution is 9.10. The zero-order valence-corrected chi connectivity index (χ0v) is 19.5. The summed E-state index contributed by atoms with van der Waals surface area (Å²) in [4.78, 5) is 13.0. The van der Waals surface area contributed by atoms with E-state index in [1.807, 2.05) is 66.7 Å². The van der Waals surface area contributed by atoms with Crippen LogP contribution in [0.2, 0.25) is 0 Å². The number of halogens is 1. The maximum Gasteiger partial charge on any atom is 0.260 e. The number of rotatable bonds is 7. The Morgan fingerprint density at radius 1 is 1.00 bits per heavy atom. The number of carbonyl (C=O) groups is 1. The standard InChI is InChI=1S/C25H23BrN2O2S/c1-2-17-5-11-21(12-6-17)27-25-28-24(29)23(31-25)15-18-7-13-22(14-8-18)30-16-19-3-9-20(26)10-4-19/h3-15,25,27H,2,16H2,1H3,(H,28,29). The van der Waals surface area contributed by atoms with Crippen LogP contribution in [0.5, 0.6) is 5.75 Å². The number of aryl methyl sites for hydroxylation is 1. The van der Waals surface area contributed by atoms with Gasteiger partial charge in [-0.25, -0.2) is 0 Å². The summed E-state index contributed by atoms with van der Waals surface area (Å²) >= 11 is 4.92. The highest BCUT2D eigenvalue weighted by atomic mass is 79.9. The van der Waals surface area contributed by atoms with Gasteiger partial charge in [-0.05, 0) is 65.6 Å². The number of benzene rings is 3. The minimum atomic E-state index is -0.181. The van der Waals surface area contributed by atoms with Gasteiger partial charge in [-0.1, -0.05) is 71.0 Å². The fraction of sp³-hybridized carbons (Fsp3) is 0.160. The van der Waals surface area contributed by atoms with Crippen LogP contribution in [0, 0.1) is 0 Å². The van der Waals surface area contributed by atoms with E-state index >= 15 is 0 Å². The van der Waals surface area contributed by atoms with Crippen molar-refractivity contribution in [1.29, 1.82) is 0 Å². The van der Waals surface area contributed by atoms with E-state index < -0.39 is 0 Å². The molecule has 1 aliphatic rings. The first-order valence-electron chi connectivity index (χ1n) is 10.1. The molecule has 1 amide bonds. The number of amides is 1. The zero-order valence-electron chi connectivity index (χ0n) is 17.1. The van der Waals surface area contributed by atoms with Crippen molar-refractivity contribution in [2.24, 2.45) is 0 Å². The molecule has 4 rings (SSSR count). The van der Waals surface area contributed by atoms with E-state index in [0.717, 1.165) is 33.5 Å². The quantitative estimate of drug-likeness (QED) is 0.384. The van der Waals surface area contributed by atoms with E-state index in [1.165, 1.54) is 17.3 Å². The number of nitrogens with one attached hydrogen (secondary N) is 2. The van der Waals surface area contributed by atoms with Crippen molar-refractivity contribution in [1.82, 2.24) is 5.32 Å². The van der Waals surface area contributed by atoms with Gasteiger partial charge in [0, 0.05) is 10.2 Å². The van der Waals surface area contributed by atoms with Crippen molar-refractivity contribution < 1.29 is 9.53 Å². The SMILES string of the molecule is CCc1ccc(NC2NC(=O)C(=Cc3ccc(OCc4ccc(Br)cc4)cc3)S2)cc1. The van der Waals surface area contributed by atoms with Gasteiger partial charge < -0.3 is 15.4 Å². The lowest BCUT2D eigenvalue weighted by Crippen LogP contribution is -2.30. The Kier molecular flexibility index (Phi) is 6.99. The molecule has 31 heavy (non-hydrogen) atoms. The first kappa shape index (κ1) is 21.5. The van der Waals surface area contributed by atoms with Gasteiger partial charge in [0.15, 0.2) is 5.50 Å². The third-order valence-electron chi connectivity index (χ3n) is 4.89. The van der Waals surface area contributed by atoms with Crippen LogP contribution in [0.1, 0.15) is 23.6 Å². The van der Waals surface area contributed by atoms with E-state index in [-0.39, 0.29) is 11.4 Å². The number of anilines is 1. The molecule has 1 aliphatic heterocycles. The molecule has 1 atom stereocenters. The Labute approximate surface area is 195 Å². The first-order chi connectivity index (χ1) is 15.1. The Balaban J connectivity index is 1.34. The van der Waals surface area contributed by atoms with E-state index in [0.29, 0.717) is 11.5 Å². The summed E-state index contributed by atoms with van der Waals surface area (Å²) in [5, 5.41) is 6.32. The van der Waals surface area contributed by atoms with E-state index in [1.54, 1.807) is 0 Å². The van der Waals surface area contributed by atoms with Crippen LogP contribution in [0.25, 0.3) is 6.08 Å². The molecule has 0 bridgehead atoms. The number of carbonyl (C=O) groups excluding carboxylic acids is 1. The molecule has 1 heterocycles. The van der Waals surface area contributed by atoms with Crippen LogP contribution >= 0.6 is 27.7 Å². The van der Waals surface area contributed by atoms with Crippen molar-refractivity contribution in [2.45, 2.75) is 25.4 Å². The Bertz CT molecular complexity index is 1060. The van der Waals surface area contributed by atoms with Crippen molar-refractivity contribution in [3.8, 4) is 5.75 Å². The second-order valence-electron chi connectivity index (χ2n) is 7.16. The largest absolute Gasteiger partial charge is 0.489 e. The van der Waals surface area contributed by atoms with Gasteiger partial charge in [0.2, 0.25) is 0 Å². The van der Waals surface area contributed by atoms with Gasteiger partial charge >= 0.3 is 0 Å². The zero-order chi connectivity index (χ0) is 21.6. The van der Waals surface area contributed by atoms with Gasteiger partial charge in [0.05, 0.1) is 4.91 Å². The first-order valence-corrected chi connectivity index (χ1v) is 11.8. The van der Waals surface area contributed by atoms with E-state index in [4.69, 9.17) is 4.74 Å². The molecular weight excluding hydrogens is 472 g/mol. The van der Waals surface area contributed by atoms with Crippen LogP contribution < -0.4 is 15.4 Å². The lowest BCUT2D eigenvalue weighted by atomic mass is 10.1. The topological polar surface area (TPSA) is 50.4 Å². The molecule has 1 unspecified atom stereocenters. The Morgan fingerprint density at radius 3 is 2.35 bits per heavy atom. The molecule has 158 valence electrons. The van der Waals surface area contributed by atoms with Crippen molar-refractivity contribution in [3.05, 3.63) is 98.9 Å². The minimum Gasteiger partial charge on any atom is -0.489 e. The molecule has 0 aliphatic carbocycles. The van der Waals surface area contributed by atoms with E-state index in [9.17, 15) is 4.79 Å². The van der Waals surface area contributed by atoms with Gasteiger partial charge in [0.25, 0.3) is 5.91 Å². The van der Waals surface area contributed by atoms with Crippen LogP contribution in [0.4, 0.5) is 5.69 Å². The van der Waals surface area contributed by atoms with Crippen molar-refractivity contribution in [2.75, 3.05) is 5.32 Å². The van der Waals surface area contributed by atoms with Crippen LogP contribution in [0.15, 0.2) is 82.2 Å². The maximum atomic E-state index is 12.4. The number of thioether (sulfide) groups is 1. The Morgan fingerprint density at radius 2 is 1.68 bits per heavy atom. The molecule has 4 nitrogen and oxygen atoms in total. The van der Waals surface area contributed by atoms with E-state index in [2.05, 4.69) is 45.6 Å². The summed E-state index contributed by atoms with van der Waals surface area (Å²) in [5.74, 6) is 0.729. The molecule has 1 fully saturated rings. The third kappa shape index (κ3) is 5.93. The highest BCUT2D eigenvalue weighted by Crippen LogP contribution is 2.30. The summed E-state index contributed by atoms with van der Waals surface area (Å²) in [6, 6.07) is 24.1. The number of hydrogen-bond donors (Lipinski definition) is 2. The molecule has 1 saturated heterocycles. The molecule has 0 saturated carbocycles. The van der Waals surface area contributed by atoms with Crippen molar-refractivity contribution >= 4 is 45.4 Å². The van der Waals surface area contributed by atoms with Crippen LogP contribution in [-0.2, 0) is 17.8 Å². The average Bonchev–Trinajstić information content (AvgIpc) is 3.13. The fourth-order valence-electron chi connectivity index (χ4n) is 3.11. The Hall–Kier alpha value is -2.70. The predicted molar refractivity (Wildman–Crippen MR) is 132 cm³/mol.